The van der Waals surface area contributed by atoms with E-state index in [1.807, 2.05) is 7.05 Å². The maximum atomic E-state index is 4.59. The molecule has 2 heterocycles. The van der Waals surface area contributed by atoms with Crippen LogP contribution in [0.5, 0.6) is 0 Å². The van der Waals surface area contributed by atoms with Crippen LogP contribution in [0.1, 0.15) is 47.6 Å². The molecule has 0 spiro atoms. The van der Waals surface area contributed by atoms with Crippen LogP contribution in [0.4, 0.5) is 0 Å². The first-order valence-corrected chi connectivity index (χ1v) is 11.1. The van der Waals surface area contributed by atoms with E-state index in [1.54, 1.807) is 11.3 Å². The van der Waals surface area contributed by atoms with Gasteiger partial charge in [0.1, 0.15) is 0 Å². The summed E-state index contributed by atoms with van der Waals surface area (Å²) in [6.07, 6.45) is 2.45. The maximum Gasteiger partial charge on any atom is 0.191 e. The Balaban J connectivity index is 0.00000300. The van der Waals surface area contributed by atoms with Gasteiger partial charge in [-0.05, 0) is 63.7 Å². The summed E-state index contributed by atoms with van der Waals surface area (Å²) in [5.74, 6) is 1.58. The van der Waals surface area contributed by atoms with E-state index < -0.39 is 0 Å². The van der Waals surface area contributed by atoms with E-state index in [0.29, 0.717) is 5.92 Å². The Labute approximate surface area is 196 Å². The molecule has 0 radical (unpaired) electrons. The fourth-order valence-corrected chi connectivity index (χ4v) is 4.45. The Bertz CT molecular complexity index is 783. The van der Waals surface area contributed by atoms with Crippen molar-refractivity contribution in [3.05, 3.63) is 51.5 Å². The van der Waals surface area contributed by atoms with Gasteiger partial charge in [-0.25, -0.2) is 4.98 Å². The summed E-state index contributed by atoms with van der Waals surface area (Å²) >= 11 is 1.74. The number of guanidine groups is 1. The molecule has 160 valence electrons. The number of nitrogens with zero attached hydrogens (tertiary/aromatic N) is 3. The van der Waals surface area contributed by atoms with E-state index in [4.69, 9.17) is 0 Å². The highest BCUT2D eigenvalue weighted by molar-refractivity contribution is 14.0. The fraction of sp³-hybridized carbons (Fsp3) is 0.545. The van der Waals surface area contributed by atoms with E-state index in [2.05, 4.69) is 75.9 Å². The molecule has 7 heteroatoms. The highest BCUT2D eigenvalue weighted by atomic mass is 127. The van der Waals surface area contributed by atoms with Gasteiger partial charge in [0.15, 0.2) is 5.96 Å². The number of piperidine rings is 1. The minimum atomic E-state index is 0. The van der Waals surface area contributed by atoms with Crippen molar-refractivity contribution in [3.8, 4) is 0 Å². The van der Waals surface area contributed by atoms with Gasteiger partial charge in [-0.3, -0.25) is 9.89 Å². The van der Waals surface area contributed by atoms with Crippen LogP contribution in [-0.4, -0.2) is 42.5 Å². The molecule has 29 heavy (non-hydrogen) atoms. The number of benzene rings is 1. The summed E-state index contributed by atoms with van der Waals surface area (Å²) in [5.41, 5.74) is 3.84. The number of thiazole rings is 1. The van der Waals surface area contributed by atoms with Gasteiger partial charge < -0.3 is 10.6 Å². The lowest BCUT2D eigenvalue weighted by atomic mass is 9.97. The predicted molar refractivity (Wildman–Crippen MR) is 134 cm³/mol. The molecular formula is C22H34IN5S. The molecule has 1 aromatic heterocycles. The summed E-state index contributed by atoms with van der Waals surface area (Å²) < 4.78 is 0. The van der Waals surface area contributed by atoms with Crippen molar-refractivity contribution in [1.29, 1.82) is 0 Å². The smallest absolute Gasteiger partial charge is 0.191 e. The number of hydrogen-bond acceptors (Lipinski definition) is 4. The average Bonchev–Trinajstić information content (AvgIpc) is 3.11. The molecule has 1 unspecified atom stereocenters. The number of rotatable bonds is 6. The molecular weight excluding hydrogens is 493 g/mol. The number of aryl methyl sites for hydroxylation is 2. The highest BCUT2D eigenvalue weighted by Crippen LogP contribution is 2.20. The molecule has 2 aromatic rings. The first kappa shape index (κ1) is 24.1. The molecule has 1 aliphatic rings. The molecule has 0 aliphatic carbocycles. The molecule has 1 atom stereocenters. The first-order chi connectivity index (χ1) is 13.5. The van der Waals surface area contributed by atoms with Crippen LogP contribution < -0.4 is 10.6 Å². The van der Waals surface area contributed by atoms with Crippen molar-refractivity contribution < 1.29 is 0 Å². The number of nitrogens with one attached hydrogen (secondary N) is 2. The summed E-state index contributed by atoms with van der Waals surface area (Å²) in [7, 11) is 1.85. The molecule has 3 rings (SSSR count). The molecule has 5 nitrogen and oxygen atoms in total. The lowest BCUT2D eigenvalue weighted by Crippen LogP contribution is -2.43. The normalized spacial score (nSPS) is 16.9. The van der Waals surface area contributed by atoms with E-state index in [9.17, 15) is 0 Å². The first-order valence-electron chi connectivity index (χ1n) is 10.2. The lowest BCUT2D eigenvalue weighted by molar-refractivity contribution is 0.176. The third-order valence-corrected chi connectivity index (χ3v) is 6.37. The van der Waals surface area contributed by atoms with Crippen LogP contribution in [0.15, 0.2) is 34.6 Å². The molecule has 1 aromatic carbocycles. The van der Waals surface area contributed by atoms with E-state index in [-0.39, 0.29) is 30.0 Å². The molecule has 0 amide bonds. The largest absolute Gasteiger partial charge is 0.356 e. The standard InChI is InChI=1S/C22H33N5S.HI/c1-16-7-5-6-8-21(16)17(2)25-22(23-4)24-13-19-9-11-27(12-10-19)14-20-15-28-18(3)26-20;/h5-8,15,17,19H,9-14H2,1-4H3,(H2,23,24,25);1H. The summed E-state index contributed by atoms with van der Waals surface area (Å²) in [6.45, 7) is 10.7. The molecule has 2 N–H and O–H groups in total. The van der Waals surface area contributed by atoms with E-state index >= 15 is 0 Å². The summed E-state index contributed by atoms with van der Waals surface area (Å²) in [6, 6.07) is 8.75. The van der Waals surface area contributed by atoms with Gasteiger partial charge in [-0.2, -0.15) is 0 Å². The van der Waals surface area contributed by atoms with Crippen molar-refractivity contribution in [2.75, 3.05) is 26.7 Å². The second-order valence-corrected chi connectivity index (χ2v) is 8.82. The zero-order chi connectivity index (χ0) is 19.9. The number of halogens is 1. The van der Waals surface area contributed by atoms with Crippen molar-refractivity contribution in [1.82, 2.24) is 20.5 Å². The van der Waals surface area contributed by atoms with Gasteiger partial charge in [-0.1, -0.05) is 24.3 Å². The quantitative estimate of drug-likeness (QED) is 0.330. The maximum absolute atomic E-state index is 4.59. The van der Waals surface area contributed by atoms with Crippen molar-refractivity contribution >= 4 is 41.3 Å². The zero-order valence-corrected chi connectivity index (χ0v) is 21.1. The van der Waals surface area contributed by atoms with Crippen LogP contribution >= 0.6 is 35.3 Å². The van der Waals surface area contributed by atoms with Crippen molar-refractivity contribution in [2.45, 2.75) is 46.2 Å². The average molecular weight is 528 g/mol. The number of likely N-dealkylation sites (tertiary alicyclic amines) is 1. The Kier molecular flexibility index (Phi) is 9.85. The van der Waals surface area contributed by atoms with Crippen molar-refractivity contribution in [3.63, 3.8) is 0 Å². The summed E-state index contributed by atoms with van der Waals surface area (Å²) in [4.78, 5) is 11.5. The van der Waals surface area contributed by atoms with Gasteiger partial charge in [0, 0.05) is 25.5 Å². The molecule has 1 saturated heterocycles. The molecule has 0 bridgehead atoms. The SMILES string of the molecule is CN=C(NCC1CCN(Cc2csc(C)n2)CC1)NC(C)c1ccccc1C.I. The van der Waals surface area contributed by atoms with Gasteiger partial charge >= 0.3 is 0 Å². The van der Waals surface area contributed by atoms with Crippen molar-refractivity contribution in [2.24, 2.45) is 10.9 Å². The van der Waals surface area contributed by atoms with Crippen LogP contribution in [0.3, 0.4) is 0 Å². The van der Waals surface area contributed by atoms with Crippen LogP contribution in [0.25, 0.3) is 0 Å². The Hall–Kier alpha value is -1.19. The fourth-order valence-electron chi connectivity index (χ4n) is 3.85. The van der Waals surface area contributed by atoms with Gasteiger partial charge in [0.2, 0.25) is 0 Å². The van der Waals surface area contributed by atoms with Gasteiger partial charge in [0.25, 0.3) is 0 Å². The number of aliphatic imine (C=N–C) groups is 1. The third kappa shape index (κ3) is 7.22. The minimum absolute atomic E-state index is 0. The predicted octanol–water partition coefficient (Wildman–Crippen LogP) is 4.52. The Morgan fingerprint density at radius 3 is 2.62 bits per heavy atom. The van der Waals surface area contributed by atoms with Crippen LogP contribution in [0.2, 0.25) is 0 Å². The van der Waals surface area contributed by atoms with Gasteiger partial charge in [0.05, 0.1) is 16.7 Å². The topological polar surface area (TPSA) is 52.6 Å². The van der Waals surface area contributed by atoms with Gasteiger partial charge in [-0.15, -0.1) is 35.3 Å². The molecule has 1 fully saturated rings. The lowest BCUT2D eigenvalue weighted by Gasteiger charge is -2.32. The zero-order valence-electron chi connectivity index (χ0n) is 17.9. The molecule has 1 aliphatic heterocycles. The second-order valence-electron chi connectivity index (χ2n) is 7.75. The van der Waals surface area contributed by atoms with E-state index in [1.165, 1.54) is 29.7 Å². The molecule has 0 saturated carbocycles. The minimum Gasteiger partial charge on any atom is -0.356 e. The van der Waals surface area contributed by atoms with Crippen LogP contribution in [0, 0.1) is 19.8 Å². The number of hydrogen-bond donors (Lipinski definition) is 2. The Morgan fingerprint density at radius 2 is 2.00 bits per heavy atom. The monoisotopic (exact) mass is 527 g/mol. The third-order valence-electron chi connectivity index (χ3n) is 5.55. The van der Waals surface area contributed by atoms with Crippen LogP contribution in [-0.2, 0) is 6.54 Å². The summed E-state index contributed by atoms with van der Waals surface area (Å²) in [5, 5.41) is 10.4. The van der Waals surface area contributed by atoms with E-state index in [0.717, 1.165) is 37.1 Å². The highest BCUT2D eigenvalue weighted by Gasteiger charge is 2.20. The number of aromatic nitrogens is 1. The Morgan fingerprint density at radius 1 is 1.28 bits per heavy atom. The second kappa shape index (κ2) is 11.9.